The Kier molecular flexibility index (Phi) is 4.96. The van der Waals surface area contributed by atoms with Crippen LogP contribution in [0.4, 0.5) is 0 Å². The molecule has 2 saturated heterocycles. The summed E-state index contributed by atoms with van der Waals surface area (Å²) in [6.07, 6.45) is 11.7. The van der Waals surface area contributed by atoms with Gasteiger partial charge in [0, 0.05) is 69.2 Å². The van der Waals surface area contributed by atoms with E-state index in [4.69, 9.17) is 4.98 Å². The molecule has 1 amide bonds. The van der Waals surface area contributed by atoms with Crippen molar-refractivity contribution in [3.63, 3.8) is 0 Å². The molecule has 5 rings (SSSR count). The van der Waals surface area contributed by atoms with Crippen LogP contribution in [0.1, 0.15) is 63.3 Å². The number of carbonyl (C=O) groups excluding carboxylic acids is 1. The minimum absolute atomic E-state index is 0.162. The maximum Gasteiger partial charge on any atom is 0.230 e. The molecule has 1 saturated carbocycles. The van der Waals surface area contributed by atoms with Gasteiger partial charge in [-0.05, 0) is 46.0 Å². The molecule has 2 aliphatic heterocycles. The first kappa shape index (κ1) is 19.8. The molecular weight excluding hydrogens is 376 g/mol. The second kappa shape index (κ2) is 7.52. The first-order valence-electron chi connectivity index (χ1n) is 11.5. The number of likely N-dealkylation sites (tertiary alicyclic amines) is 2. The Morgan fingerprint density at radius 3 is 2.77 bits per heavy atom. The van der Waals surface area contributed by atoms with E-state index in [0.717, 1.165) is 57.3 Å². The van der Waals surface area contributed by atoms with Crippen molar-refractivity contribution in [1.82, 2.24) is 29.1 Å². The zero-order valence-electron chi connectivity index (χ0n) is 18.5. The number of aromatic nitrogens is 4. The summed E-state index contributed by atoms with van der Waals surface area (Å²) >= 11 is 0. The first-order chi connectivity index (χ1) is 14.5. The lowest BCUT2D eigenvalue weighted by Gasteiger charge is -2.28. The van der Waals surface area contributed by atoms with Crippen LogP contribution in [-0.4, -0.2) is 61.2 Å². The zero-order chi connectivity index (χ0) is 20.9. The fourth-order valence-electron chi connectivity index (χ4n) is 5.35. The van der Waals surface area contributed by atoms with Crippen LogP contribution in [0.15, 0.2) is 24.9 Å². The zero-order valence-corrected chi connectivity index (χ0v) is 18.5. The third-order valence-corrected chi connectivity index (χ3v) is 7.32. The number of nitrogens with zero attached hydrogens (tertiary/aromatic N) is 6. The summed E-state index contributed by atoms with van der Waals surface area (Å²) in [7, 11) is 0. The van der Waals surface area contributed by atoms with Gasteiger partial charge >= 0.3 is 0 Å². The van der Waals surface area contributed by atoms with Gasteiger partial charge in [-0.1, -0.05) is 0 Å². The molecule has 30 heavy (non-hydrogen) atoms. The number of hydrogen-bond donors (Lipinski definition) is 0. The summed E-state index contributed by atoms with van der Waals surface area (Å²) in [6.45, 7) is 11.7. The predicted octanol–water partition coefficient (Wildman–Crippen LogP) is 2.91. The van der Waals surface area contributed by atoms with E-state index in [2.05, 4.69) is 52.6 Å². The number of carbonyl (C=O) groups is 1. The Morgan fingerprint density at radius 1 is 1.27 bits per heavy atom. The normalized spacial score (nSPS) is 27.3. The average Bonchev–Trinajstić information content (AvgIpc) is 3.09. The molecule has 0 radical (unpaired) electrons. The number of rotatable bonds is 7. The Hall–Kier alpha value is -2.15. The third kappa shape index (κ3) is 3.47. The predicted molar refractivity (Wildman–Crippen MR) is 115 cm³/mol. The van der Waals surface area contributed by atoms with E-state index in [9.17, 15) is 4.79 Å². The monoisotopic (exact) mass is 410 g/mol. The van der Waals surface area contributed by atoms with Crippen molar-refractivity contribution >= 4 is 5.91 Å². The number of imidazole rings is 1. The quantitative estimate of drug-likeness (QED) is 0.704. The van der Waals surface area contributed by atoms with Gasteiger partial charge in [-0.3, -0.25) is 14.4 Å². The molecule has 0 bridgehead atoms. The van der Waals surface area contributed by atoms with Crippen molar-refractivity contribution in [2.45, 2.75) is 65.1 Å². The summed E-state index contributed by atoms with van der Waals surface area (Å²) in [5, 5.41) is 4.43. The molecule has 1 spiro atoms. The van der Waals surface area contributed by atoms with Crippen molar-refractivity contribution in [2.24, 2.45) is 11.3 Å². The Morgan fingerprint density at radius 2 is 2.10 bits per heavy atom. The Balaban J connectivity index is 1.41. The molecule has 2 aromatic heterocycles. The molecule has 162 valence electrons. The van der Waals surface area contributed by atoms with Gasteiger partial charge in [0.1, 0.15) is 0 Å². The number of amides is 1. The average molecular weight is 411 g/mol. The lowest BCUT2D eigenvalue weighted by Crippen LogP contribution is -2.40. The minimum Gasteiger partial charge on any atom is -0.342 e. The van der Waals surface area contributed by atoms with Crippen LogP contribution in [0.3, 0.4) is 0 Å². The van der Waals surface area contributed by atoms with E-state index in [0.29, 0.717) is 11.9 Å². The molecule has 0 aromatic carbocycles. The summed E-state index contributed by atoms with van der Waals surface area (Å²) in [5.41, 5.74) is 1.98. The smallest absolute Gasteiger partial charge is 0.230 e. The molecule has 4 heterocycles. The summed E-state index contributed by atoms with van der Waals surface area (Å²) in [5.74, 6) is 1.26. The van der Waals surface area contributed by atoms with Crippen LogP contribution in [0.25, 0.3) is 0 Å². The van der Waals surface area contributed by atoms with E-state index in [1.54, 1.807) is 0 Å². The van der Waals surface area contributed by atoms with Gasteiger partial charge in [-0.25, -0.2) is 4.98 Å². The second-order valence-corrected chi connectivity index (χ2v) is 9.87. The molecule has 3 aliphatic rings. The molecule has 2 aromatic rings. The van der Waals surface area contributed by atoms with Crippen LogP contribution in [0.2, 0.25) is 0 Å². The largest absolute Gasteiger partial charge is 0.342 e. The molecule has 1 aliphatic carbocycles. The van der Waals surface area contributed by atoms with E-state index < -0.39 is 0 Å². The summed E-state index contributed by atoms with van der Waals surface area (Å²) < 4.78 is 4.14. The highest BCUT2D eigenvalue weighted by Crippen LogP contribution is 2.50. The third-order valence-electron chi connectivity index (χ3n) is 7.32. The van der Waals surface area contributed by atoms with Crippen molar-refractivity contribution in [3.8, 4) is 0 Å². The van der Waals surface area contributed by atoms with Gasteiger partial charge in [0.05, 0.1) is 23.6 Å². The maximum absolute atomic E-state index is 13.7. The van der Waals surface area contributed by atoms with Gasteiger partial charge in [-0.2, -0.15) is 5.10 Å². The molecule has 2 atom stereocenters. The van der Waals surface area contributed by atoms with Gasteiger partial charge < -0.3 is 9.47 Å². The molecule has 7 nitrogen and oxygen atoms in total. The Labute approximate surface area is 179 Å². The maximum atomic E-state index is 13.7. The highest BCUT2D eigenvalue weighted by atomic mass is 16.2. The van der Waals surface area contributed by atoms with Crippen LogP contribution in [0, 0.1) is 11.3 Å². The van der Waals surface area contributed by atoms with Crippen molar-refractivity contribution < 1.29 is 4.79 Å². The van der Waals surface area contributed by atoms with Gasteiger partial charge in [0.2, 0.25) is 5.91 Å². The molecule has 0 unspecified atom stereocenters. The fraction of sp³-hybridized carbons (Fsp3) is 0.696. The van der Waals surface area contributed by atoms with E-state index in [1.165, 1.54) is 18.4 Å². The highest BCUT2D eigenvalue weighted by Gasteiger charge is 2.58. The molecule has 0 N–H and O–H groups in total. The highest BCUT2D eigenvalue weighted by molar-refractivity contribution is 5.87. The molecule has 7 heteroatoms. The number of hydrogen-bond acceptors (Lipinski definition) is 4. The topological polar surface area (TPSA) is 59.2 Å². The molecular formula is C23H34N6O. The van der Waals surface area contributed by atoms with Crippen molar-refractivity contribution in [1.29, 1.82) is 0 Å². The lowest BCUT2D eigenvalue weighted by molar-refractivity contribution is -0.136. The summed E-state index contributed by atoms with van der Waals surface area (Å²) in [6, 6.07) is 0.380. The van der Waals surface area contributed by atoms with Crippen LogP contribution < -0.4 is 0 Å². The van der Waals surface area contributed by atoms with Gasteiger partial charge in [0.15, 0.2) is 0 Å². The van der Waals surface area contributed by atoms with Gasteiger partial charge in [-0.15, -0.1) is 0 Å². The SMILES string of the molecule is CCn1cc(CN2C[C@H](c3cn(C(C)C)cn3)[C@@]3(CCN(CC4CC4)C3=O)C2)cn1. The van der Waals surface area contributed by atoms with E-state index >= 15 is 0 Å². The number of aryl methyl sites for hydroxylation is 1. The second-order valence-electron chi connectivity index (χ2n) is 9.87. The van der Waals surface area contributed by atoms with E-state index in [1.807, 2.05) is 17.2 Å². The fourth-order valence-corrected chi connectivity index (χ4v) is 5.35. The minimum atomic E-state index is -0.328. The summed E-state index contributed by atoms with van der Waals surface area (Å²) in [4.78, 5) is 23.1. The standard InChI is InChI=1S/C23H34N6O/c1-4-29-12-19(9-25-29)10-26-13-20(21-14-28(16-24-21)17(2)3)23(15-26)7-8-27(22(23)30)11-18-5-6-18/h9,12,14,16-18,20H,4-8,10-11,13,15H2,1-3H3/t20-,23-/m1/s1. The first-order valence-corrected chi connectivity index (χ1v) is 11.5. The molecule has 3 fully saturated rings. The van der Waals surface area contributed by atoms with Crippen LogP contribution in [0.5, 0.6) is 0 Å². The van der Waals surface area contributed by atoms with Crippen molar-refractivity contribution in [2.75, 3.05) is 26.2 Å². The van der Waals surface area contributed by atoms with Crippen LogP contribution in [-0.2, 0) is 17.9 Å². The van der Waals surface area contributed by atoms with Crippen LogP contribution >= 0.6 is 0 Å². The lowest BCUT2D eigenvalue weighted by atomic mass is 9.75. The van der Waals surface area contributed by atoms with E-state index in [-0.39, 0.29) is 11.3 Å². The van der Waals surface area contributed by atoms with Crippen molar-refractivity contribution in [3.05, 3.63) is 36.2 Å². The Bertz CT molecular complexity index is 912. The van der Waals surface area contributed by atoms with Gasteiger partial charge in [0.25, 0.3) is 0 Å².